The average Bonchev–Trinajstić information content (AvgIpc) is 2.34. The summed E-state index contributed by atoms with van der Waals surface area (Å²) >= 11 is 0. The van der Waals surface area contributed by atoms with E-state index in [-0.39, 0.29) is 13.2 Å². The Morgan fingerprint density at radius 3 is 3.00 bits per heavy atom. The Bertz CT molecular complexity index is 138. The first-order valence-electron chi connectivity index (χ1n) is 2.97. The number of amides is 1. The molecule has 1 aliphatic heterocycles. The zero-order chi connectivity index (χ0) is 7.56. The van der Waals surface area contributed by atoms with Crippen LogP contribution >= 0.6 is 0 Å². The molecule has 3 N–H and O–H groups in total. The van der Waals surface area contributed by atoms with Gasteiger partial charge in [-0.3, -0.25) is 0 Å². The van der Waals surface area contributed by atoms with Crippen molar-refractivity contribution in [1.82, 2.24) is 5.32 Å². The van der Waals surface area contributed by atoms with Gasteiger partial charge in [-0.25, -0.2) is 4.79 Å². The lowest BCUT2D eigenvalue weighted by Crippen LogP contribution is -2.32. The quantitative estimate of drug-likeness (QED) is 0.441. The van der Waals surface area contributed by atoms with Crippen LogP contribution in [0.5, 0.6) is 0 Å². The maximum Gasteiger partial charge on any atom is 0.407 e. The molecule has 10 heavy (non-hydrogen) atoms. The lowest BCUT2D eigenvalue weighted by molar-refractivity contribution is -0.000677. The first kappa shape index (κ1) is 7.30. The molecule has 58 valence electrons. The third kappa shape index (κ3) is 1.37. The fraction of sp³-hybridized carbons (Fsp3) is 0.800. The largest absolute Gasteiger partial charge is 0.441 e. The van der Waals surface area contributed by atoms with Gasteiger partial charge in [0.15, 0.2) is 0 Å². The van der Waals surface area contributed by atoms with E-state index in [1.54, 1.807) is 0 Å². The van der Waals surface area contributed by atoms with Gasteiger partial charge in [0.05, 0.1) is 13.2 Å². The topological polar surface area (TPSA) is 78.8 Å². The van der Waals surface area contributed by atoms with Gasteiger partial charge in [-0.2, -0.15) is 0 Å². The average molecular weight is 147 g/mol. The summed E-state index contributed by atoms with van der Waals surface area (Å²) in [5.41, 5.74) is 0. The van der Waals surface area contributed by atoms with Crippen molar-refractivity contribution in [3.63, 3.8) is 0 Å². The van der Waals surface area contributed by atoms with Crippen LogP contribution in [0.3, 0.4) is 0 Å². The Morgan fingerprint density at radius 2 is 2.60 bits per heavy atom. The van der Waals surface area contributed by atoms with Crippen molar-refractivity contribution in [2.24, 2.45) is 0 Å². The molecular weight excluding hydrogens is 138 g/mol. The van der Waals surface area contributed by atoms with Crippen LogP contribution in [-0.4, -0.2) is 41.7 Å². The van der Waals surface area contributed by atoms with E-state index in [4.69, 9.17) is 10.2 Å². The fourth-order valence-electron chi connectivity index (χ4n) is 0.737. The number of hydrogen-bond acceptors (Lipinski definition) is 4. The Kier molecular flexibility index (Phi) is 2.08. The first-order chi connectivity index (χ1) is 4.74. The predicted molar refractivity (Wildman–Crippen MR) is 31.4 cm³/mol. The lowest BCUT2D eigenvalue weighted by Gasteiger charge is -2.11. The van der Waals surface area contributed by atoms with E-state index in [0.717, 1.165) is 0 Å². The Hall–Kier alpha value is -0.810. The highest BCUT2D eigenvalue weighted by atomic mass is 16.6. The maximum atomic E-state index is 10.3. The molecule has 0 aromatic carbocycles. The zero-order valence-corrected chi connectivity index (χ0v) is 5.28. The van der Waals surface area contributed by atoms with Gasteiger partial charge in [0.2, 0.25) is 0 Å². The lowest BCUT2D eigenvalue weighted by atomic mass is 10.2. The number of alkyl carbamates (subject to hydrolysis) is 1. The van der Waals surface area contributed by atoms with E-state index in [9.17, 15) is 4.79 Å². The second-order valence-electron chi connectivity index (χ2n) is 2.07. The summed E-state index contributed by atoms with van der Waals surface area (Å²) < 4.78 is 4.55. The summed E-state index contributed by atoms with van der Waals surface area (Å²) in [6, 6.07) is 0. The van der Waals surface area contributed by atoms with Gasteiger partial charge < -0.3 is 20.3 Å². The molecule has 1 rings (SSSR count). The van der Waals surface area contributed by atoms with Gasteiger partial charge in [0.1, 0.15) is 12.2 Å². The standard InChI is InChI=1S/C5H9NO4/c7-2-3(8)4-1-6-5(9)10-4/h3-4,7-8H,1-2H2,(H,6,9)/t3-,4+/m0/s1. The highest BCUT2D eigenvalue weighted by molar-refractivity contribution is 5.69. The molecule has 0 aliphatic carbocycles. The molecule has 1 fully saturated rings. The van der Waals surface area contributed by atoms with Gasteiger partial charge >= 0.3 is 6.09 Å². The Morgan fingerprint density at radius 1 is 1.90 bits per heavy atom. The van der Waals surface area contributed by atoms with E-state index in [2.05, 4.69) is 10.1 Å². The number of ether oxygens (including phenoxy) is 1. The minimum Gasteiger partial charge on any atom is -0.441 e. The molecule has 1 aliphatic rings. The molecular formula is C5H9NO4. The highest BCUT2D eigenvalue weighted by Gasteiger charge is 2.28. The van der Waals surface area contributed by atoms with Crippen LogP contribution in [-0.2, 0) is 4.74 Å². The van der Waals surface area contributed by atoms with E-state index >= 15 is 0 Å². The monoisotopic (exact) mass is 147 g/mol. The van der Waals surface area contributed by atoms with Crippen LogP contribution in [0.4, 0.5) is 4.79 Å². The van der Waals surface area contributed by atoms with Gasteiger partial charge in [0, 0.05) is 0 Å². The number of hydrogen-bond donors (Lipinski definition) is 3. The number of carbonyl (C=O) groups excluding carboxylic acids is 1. The summed E-state index contributed by atoms with van der Waals surface area (Å²) in [6.07, 6.45) is -2.12. The zero-order valence-electron chi connectivity index (χ0n) is 5.28. The van der Waals surface area contributed by atoms with Crippen molar-refractivity contribution in [2.75, 3.05) is 13.2 Å². The molecule has 1 saturated heterocycles. The molecule has 5 heteroatoms. The number of aliphatic hydroxyl groups excluding tert-OH is 2. The number of carbonyl (C=O) groups is 1. The summed E-state index contributed by atoms with van der Waals surface area (Å²) in [4.78, 5) is 10.3. The predicted octanol–water partition coefficient (Wildman–Crippen LogP) is -1.55. The van der Waals surface area contributed by atoms with Gasteiger partial charge in [-0.15, -0.1) is 0 Å². The molecule has 5 nitrogen and oxygen atoms in total. The van der Waals surface area contributed by atoms with Crippen molar-refractivity contribution in [1.29, 1.82) is 0 Å². The minimum absolute atomic E-state index is 0.264. The van der Waals surface area contributed by atoms with E-state index in [0.29, 0.717) is 0 Å². The number of cyclic esters (lactones) is 1. The molecule has 0 unspecified atom stereocenters. The number of rotatable bonds is 2. The van der Waals surface area contributed by atoms with Crippen molar-refractivity contribution >= 4 is 6.09 Å². The first-order valence-corrected chi connectivity index (χ1v) is 2.97. The second-order valence-corrected chi connectivity index (χ2v) is 2.07. The summed E-state index contributed by atoms with van der Waals surface area (Å²) in [5, 5.41) is 19.7. The van der Waals surface area contributed by atoms with Crippen LogP contribution in [0.15, 0.2) is 0 Å². The molecule has 0 aromatic rings. The van der Waals surface area contributed by atoms with E-state index in [1.807, 2.05) is 0 Å². The van der Waals surface area contributed by atoms with Gasteiger partial charge in [-0.1, -0.05) is 0 Å². The van der Waals surface area contributed by atoms with Crippen LogP contribution in [0.25, 0.3) is 0 Å². The number of aliphatic hydroxyl groups is 2. The summed E-state index contributed by atoms with van der Waals surface area (Å²) in [6.45, 7) is -0.125. The highest BCUT2D eigenvalue weighted by Crippen LogP contribution is 2.03. The number of nitrogens with one attached hydrogen (secondary N) is 1. The van der Waals surface area contributed by atoms with Crippen LogP contribution in [0, 0.1) is 0 Å². The molecule has 0 aromatic heterocycles. The van der Waals surface area contributed by atoms with Crippen molar-refractivity contribution in [3.8, 4) is 0 Å². The van der Waals surface area contributed by atoms with Crippen LogP contribution in [0.2, 0.25) is 0 Å². The molecule has 0 bridgehead atoms. The minimum atomic E-state index is -0.973. The second kappa shape index (κ2) is 2.85. The fourth-order valence-corrected chi connectivity index (χ4v) is 0.737. The SMILES string of the molecule is O=C1NC[C@H]([C@@H](O)CO)O1. The third-order valence-corrected chi connectivity index (χ3v) is 1.32. The maximum absolute atomic E-state index is 10.3. The van der Waals surface area contributed by atoms with Crippen molar-refractivity contribution in [2.45, 2.75) is 12.2 Å². The Labute approximate surface area is 57.6 Å². The van der Waals surface area contributed by atoms with Crippen LogP contribution in [0.1, 0.15) is 0 Å². The normalized spacial score (nSPS) is 27.4. The molecule has 1 heterocycles. The van der Waals surface area contributed by atoms with Crippen molar-refractivity contribution in [3.05, 3.63) is 0 Å². The van der Waals surface area contributed by atoms with Crippen molar-refractivity contribution < 1.29 is 19.7 Å². The Balaban J connectivity index is 2.36. The molecule has 0 saturated carbocycles. The van der Waals surface area contributed by atoms with E-state index < -0.39 is 18.3 Å². The van der Waals surface area contributed by atoms with Crippen LogP contribution < -0.4 is 5.32 Å². The third-order valence-electron chi connectivity index (χ3n) is 1.32. The smallest absolute Gasteiger partial charge is 0.407 e. The molecule has 2 atom stereocenters. The molecule has 0 radical (unpaired) electrons. The summed E-state index contributed by atoms with van der Waals surface area (Å²) in [5.74, 6) is 0. The van der Waals surface area contributed by atoms with Gasteiger partial charge in [0.25, 0.3) is 0 Å². The summed E-state index contributed by atoms with van der Waals surface area (Å²) in [7, 11) is 0. The van der Waals surface area contributed by atoms with Gasteiger partial charge in [-0.05, 0) is 0 Å². The molecule has 0 spiro atoms. The molecule has 1 amide bonds. The van der Waals surface area contributed by atoms with E-state index in [1.165, 1.54) is 0 Å².